The number of aromatic amines is 1. The first-order chi connectivity index (χ1) is 14.7. The highest BCUT2D eigenvalue weighted by Crippen LogP contribution is 2.39. The number of benzene rings is 1. The normalized spacial score (nSPS) is 19.2. The molecule has 2 aromatic heterocycles. The molecule has 2 aliphatic rings. The third-order valence-corrected chi connectivity index (χ3v) is 5.98. The average Bonchev–Trinajstić information content (AvgIpc) is 3.31. The molecule has 1 saturated carbocycles. The number of aryl methyl sites for hydroxylation is 1. The second-order valence-corrected chi connectivity index (χ2v) is 8.30. The van der Waals surface area contributed by atoms with E-state index >= 15 is 0 Å². The van der Waals surface area contributed by atoms with Crippen LogP contribution in [0.5, 0.6) is 0 Å². The summed E-state index contributed by atoms with van der Waals surface area (Å²) in [7, 11) is 0. The minimum Gasteiger partial charge on any atom is -0.337 e. The largest absolute Gasteiger partial charge is 0.337 e. The van der Waals surface area contributed by atoms with E-state index in [1.54, 1.807) is 12.1 Å². The third-order valence-electron chi connectivity index (χ3n) is 5.98. The van der Waals surface area contributed by atoms with E-state index in [1.165, 1.54) is 25.0 Å². The van der Waals surface area contributed by atoms with Crippen molar-refractivity contribution in [3.63, 3.8) is 0 Å². The number of rotatable bonds is 6. The zero-order valence-electron chi connectivity index (χ0n) is 16.7. The Bertz CT molecular complexity index is 1020. The number of hydrogen-bond donors (Lipinski definition) is 1. The van der Waals surface area contributed by atoms with Crippen LogP contribution >= 0.6 is 0 Å². The van der Waals surface area contributed by atoms with Crippen LogP contribution in [0.25, 0.3) is 11.5 Å². The van der Waals surface area contributed by atoms with Crippen molar-refractivity contribution in [1.82, 2.24) is 25.2 Å². The van der Waals surface area contributed by atoms with Crippen LogP contribution in [0.3, 0.4) is 0 Å². The maximum Gasteiger partial charge on any atom is 0.274 e. The van der Waals surface area contributed by atoms with Crippen molar-refractivity contribution in [2.75, 3.05) is 13.1 Å². The molecule has 1 amide bonds. The van der Waals surface area contributed by atoms with Gasteiger partial charge in [0.05, 0.1) is 0 Å². The lowest BCUT2D eigenvalue weighted by Gasteiger charge is -2.32. The predicted octanol–water partition coefficient (Wildman–Crippen LogP) is 3.96. The molecule has 0 spiro atoms. The summed E-state index contributed by atoms with van der Waals surface area (Å²) in [4.78, 5) is 19.2. The number of aromatic nitrogens is 4. The molecule has 1 saturated heterocycles. The molecule has 1 aliphatic carbocycles. The van der Waals surface area contributed by atoms with E-state index < -0.39 is 0 Å². The molecular formula is C22H24FN5O2. The lowest BCUT2D eigenvalue weighted by Crippen LogP contribution is -2.40. The zero-order valence-corrected chi connectivity index (χ0v) is 16.7. The van der Waals surface area contributed by atoms with Gasteiger partial charge in [-0.05, 0) is 68.4 Å². The Kier molecular flexibility index (Phi) is 5.06. The number of piperidine rings is 1. The number of nitrogens with one attached hydrogen (secondary N) is 1. The van der Waals surface area contributed by atoms with Crippen LogP contribution in [0.4, 0.5) is 4.39 Å². The van der Waals surface area contributed by atoms with Crippen LogP contribution in [0, 0.1) is 11.7 Å². The quantitative estimate of drug-likeness (QED) is 0.666. The van der Waals surface area contributed by atoms with Crippen LogP contribution in [0.15, 0.2) is 34.9 Å². The molecule has 1 aliphatic heterocycles. The number of carbonyl (C=O) groups is 1. The molecule has 2 fully saturated rings. The highest BCUT2D eigenvalue weighted by atomic mass is 19.1. The van der Waals surface area contributed by atoms with Crippen molar-refractivity contribution in [2.24, 2.45) is 5.92 Å². The summed E-state index contributed by atoms with van der Waals surface area (Å²) in [5.41, 5.74) is 2.31. The fraction of sp³-hybridized carbons (Fsp3) is 0.455. The lowest BCUT2D eigenvalue weighted by molar-refractivity contribution is 0.0662. The molecule has 3 heterocycles. The monoisotopic (exact) mass is 409 g/mol. The van der Waals surface area contributed by atoms with Gasteiger partial charge in [-0.2, -0.15) is 10.1 Å². The molecule has 1 unspecified atom stereocenters. The molecule has 30 heavy (non-hydrogen) atoms. The minimum atomic E-state index is -0.298. The highest BCUT2D eigenvalue weighted by Gasteiger charge is 2.29. The van der Waals surface area contributed by atoms with Gasteiger partial charge in [-0.25, -0.2) is 4.39 Å². The molecule has 5 rings (SSSR count). The molecule has 0 radical (unpaired) electrons. The minimum absolute atomic E-state index is 0.0148. The van der Waals surface area contributed by atoms with Gasteiger partial charge in [0.2, 0.25) is 0 Å². The van der Waals surface area contributed by atoms with Gasteiger partial charge in [0, 0.05) is 36.7 Å². The first kappa shape index (κ1) is 19.0. The molecule has 7 nitrogen and oxygen atoms in total. The smallest absolute Gasteiger partial charge is 0.274 e. The van der Waals surface area contributed by atoms with Gasteiger partial charge in [0.1, 0.15) is 11.5 Å². The van der Waals surface area contributed by atoms with Crippen molar-refractivity contribution in [2.45, 2.75) is 44.4 Å². The number of nitrogens with zero attached hydrogens (tertiary/aromatic N) is 4. The summed E-state index contributed by atoms with van der Waals surface area (Å²) >= 11 is 0. The van der Waals surface area contributed by atoms with Crippen LogP contribution in [-0.2, 0) is 6.42 Å². The van der Waals surface area contributed by atoms with E-state index in [0.29, 0.717) is 41.2 Å². The molecule has 1 N–H and O–H groups in total. The van der Waals surface area contributed by atoms with Gasteiger partial charge < -0.3 is 9.42 Å². The summed E-state index contributed by atoms with van der Waals surface area (Å²) < 4.78 is 18.4. The van der Waals surface area contributed by atoms with Gasteiger partial charge in [0.25, 0.3) is 11.8 Å². The van der Waals surface area contributed by atoms with E-state index in [4.69, 9.17) is 4.52 Å². The fourth-order valence-corrected chi connectivity index (χ4v) is 4.10. The number of amides is 1. The lowest BCUT2D eigenvalue weighted by atomic mass is 9.93. The number of likely N-dealkylation sites (tertiary alicyclic amines) is 1. The van der Waals surface area contributed by atoms with E-state index in [0.717, 1.165) is 38.0 Å². The summed E-state index contributed by atoms with van der Waals surface area (Å²) in [5, 5.41) is 11.3. The van der Waals surface area contributed by atoms with E-state index in [9.17, 15) is 9.18 Å². The van der Waals surface area contributed by atoms with Gasteiger partial charge >= 0.3 is 0 Å². The van der Waals surface area contributed by atoms with Crippen molar-refractivity contribution < 1.29 is 13.7 Å². The summed E-state index contributed by atoms with van der Waals surface area (Å²) in [6.07, 6.45) is 6.01. The van der Waals surface area contributed by atoms with Crippen molar-refractivity contribution >= 4 is 5.91 Å². The molecule has 1 aromatic carbocycles. The number of H-pyrrole nitrogens is 1. The summed E-state index contributed by atoms with van der Waals surface area (Å²) in [6, 6.07) is 7.92. The van der Waals surface area contributed by atoms with E-state index in [2.05, 4.69) is 20.3 Å². The van der Waals surface area contributed by atoms with Gasteiger partial charge in [0.15, 0.2) is 5.82 Å². The van der Waals surface area contributed by atoms with Crippen LogP contribution < -0.4 is 0 Å². The van der Waals surface area contributed by atoms with Gasteiger partial charge in [-0.15, -0.1) is 0 Å². The third kappa shape index (κ3) is 4.13. The Balaban J connectivity index is 1.16. The molecule has 3 aromatic rings. The number of carbonyl (C=O) groups excluding carboxylic acids is 1. The first-order valence-electron chi connectivity index (χ1n) is 10.6. The molecule has 1 atom stereocenters. The average molecular weight is 409 g/mol. The van der Waals surface area contributed by atoms with Crippen LogP contribution in [0.2, 0.25) is 0 Å². The Hall–Kier alpha value is -3.03. The summed E-state index contributed by atoms with van der Waals surface area (Å²) in [5.74, 6) is 1.71. The van der Waals surface area contributed by atoms with Crippen molar-refractivity contribution in [3.8, 4) is 11.5 Å². The standard InChI is InChI=1S/C22H24FN5O2/c23-17-8-6-16(7-9-17)21-24-20(27-30-21)10-3-14-2-1-11-28(13-14)22(29)19-12-18(25-26-19)15-4-5-15/h6-9,12,14-15H,1-5,10-11,13H2,(H,25,26). The van der Waals surface area contributed by atoms with Crippen molar-refractivity contribution in [3.05, 3.63) is 53.4 Å². The maximum atomic E-state index is 13.1. The second-order valence-electron chi connectivity index (χ2n) is 8.30. The Morgan fingerprint density at radius 2 is 2.07 bits per heavy atom. The topological polar surface area (TPSA) is 87.9 Å². The molecule has 0 bridgehead atoms. The van der Waals surface area contributed by atoms with Crippen LogP contribution in [0.1, 0.15) is 60.0 Å². The predicted molar refractivity (Wildman–Crippen MR) is 107 cm³/mol. The number of halogens is 1. The Morgan fingerprint density at radius 3 is 2.87 bits per heavy atom. The molecule has 8 heteroatoms. The number of hydrogen-bond acceptors (Lipinski definition) is 5. The van der Waals surface area contributed by atoms with Gasteiger partial charge in [-0.3, -0.25) is 9.89 Å². The maximum absolute atomic E-state index is 13.1. The Morgan fingerprint density at radius 1 is 1.23 bits per heavy atom. The SMILES string of the molecule is O=C(c1cc(C2CC2)[nH]n1)N1CCCC(CCc2noc(-c3ccc(F)cc3)n2)C1. The van der Waals surface area contributed by atoms with Gasteiger partial charge in [-0.1, -0.05) is 5.16 Å². The van der Waals surface area contributed by atoms with E-state index in [-0.39, 0.29) is 11.7 Å². The van der Waals surface area contributed by atoms with Crippen molar-refractivity contribution in [1.29, 1.82) is 0 Å². The molecular weight excluding hydrogens is 385 g/mol. The fourth-order valence-electron chi connectivity index (χ4n) is 4.10. The zero-order chi connectivity index (χ0) is 20.5. The van der Waals surface area contributed by atoms with Crippen LogP contribution in [-0.4, -0.2) is 44.2 Å². The Labute approximate surface area is 173 Å². The highest BCUT2D eigenvalue weighted by molar-refractivity contribution is 5.92. The first-order valence-corrected chi connectivity index (χ1v) is 10.6. The summed E-state index contributed by atoms with van der Waals surface area (Å²) in [6.45, 7) is 1.50. The second kappa shape index (κ2) is 8.01. The molecule has 156 valence electrons. The van der Waals surface area contributed by atoms with E-state index in [1.807, 2.05) is 11.0 Å².